The average molecular weight is 545 g/mol. The molecule has 3 amide bonds. The van der Waals surface area contributed by atoms with E-state index in [0.29, 0.717) is 24.5 Å². The van der Waals surface area contributed by atoms with E-state index in [1.54, 1.807) is 6.08 Å². The molecule has 4 N–H and O–H groups in total. The van der Waals surface area contributed by atoms with Crippen molar-refractivity contribution in [1.82, 2.24) is 20.9 Å². The van der Waals surface area contributed by atoms with Gasteiger partial charge in [-0.2, -0.15) is 0 Å². The molecular formula is C31H40N6O3. The highest BCUT2D eigenvalue weighted by Gasteiger charge is 2.30. The summed E-state index contributed by atoms with van der Waals surface area (Å²) in [6.07, 6.45) is 8.79. The van der Waals surface area contributed by atoms with Crippen molar-refractivity contribution in [3.63, 3.8) is 0 Å². The molecule has 1 saturated heterocycles. The second kappa shape index (κ2) is 13.0. The summed E-state index contributed by atoms with van der Waals surface area (Å²) in [6.45, 7) is 20.4. The topological polar surface area (TPSA) is 107 Å². The molecule has 0 atom stereocenters. The molecule has 0 saturated carbocycles. The van der Waals surface area contributed by atoms with E-state index in [1.165, 1.54) is 6.20 Å². The van der Waals surface area contributed by atoms with E-state index >= 15 is 0 Å². The maximum absolute atomic E-state index is 12.6. The number of anilines is 1. The summed E-state index contributed by atoms with van der Waals surface area (Å²) in [4.78, 5) is 31.0. The number of urea groups is 1. The van der Waals surface area contributed by atoms with Crippen molar-refractivity contribution in [2.24, 2.45) is 4.99 Å². The molecule has 0 spiro atoms. The van der Waals surface area contributed by atoms with E-state index in [1.807, 2.05) is 78.0 Å². The van der Waals surface area contributed by atoms with Crippen LogP contribution < -0.4 is 21.3 Å². The summed E-state index contributed by atoms with van der Waals surface area (Å²) in [5.41, 5.74) is 5.51. The fourth-order valence-electron chi connectivity index (χ4n) is 4.10. The lowest BCUT2D eigenvalue weighted by Crippen LogP contribution is -2.59. The number of aliphatic imine (C=N–C) groups is 1. The van der Waals surface area contributed by atoms with Crippen molar-refractivity contribution in [3.05, 3.63) is 96.0 Å². The monoisotopic (exact) mass is 544 g/mol. The van der Waals surface area contributed by atoms with E-state index < -0.39 is 17.7 Å². The number of benzene rings is 1. The predicted octanol–water partition coefficient (Wildman–Crippen LogP) is 5.81. The first-order valence-corrected chi connectivity index (χ1v) is 13.2. The Bertz CT molecular complexity index is 1300. The van der Waals surface area contributed by atoms with Crippen molar-refractivity contribution in [2.45, 2.75) is 53.2 Å². The third-order valence-corrected chi connectivity index (χ3v) is 5.91. The molecule has 9 nitrogen and oxygen atoms in total. The molecule has 0 aromatic heterocycles. The van der Waals surface area contributed by atoms with Gasteiger partial charge in [0, 0.05) is 47.6 Å². The first kappa shape index (κ1) is 30.0. The van der Waals surface area contributed by atoms with Gasteiger partial charge < -0.3 is 30.9 Å². The highest BCUT2D eigenvalue weighted by atomic mass is 16.6. The van der Waals surface area contributed by atoms with Crippen LogP contribution in [0.25, 0.3) is 5.70 Å². The first-order valence-electron chi connectivity index (χ1n) is 13.2. The molecule has 0 unspecified atom stereocenters. The molecule has 1 aromatic carbocycles. The van der Waals surface area contributed by atoms with Crippen molar-refractivity contribution in [3.8, 4) is 0 Å². The third kappa shape index (κ3) is 8.49. The second-order valence-electron chi connectivity index (χ2n) is 10.8. The van der Waals surface area contributed by atoms with Crippen LogP contribution in [-0.4, -0.2) is 47.6 Å². The Labute approximate surface area is 237 Å². The number of amidine groups is 1. The van der Waals surface area contributed by atoms with Gasteiger partial charge in [-0.05, 0) is 77.5 Å². The van der Waals surface area contributed by atoms with Gasteiger partial charge in [-0.25, -0.2) is 14.6 Å². The van der Waals surface area contributed by atoms with Gasteiger partial charge in [-0.3, -0.25) is 0 Å². The zero-order valence-electron chi connectivity index (χ0n) is 24.2. The summed E-state index contributed by atoms with van der Waals surface area (Å²) in [6, 6.07) is 7.12. The molecule has 0 radical (unpaired) electrons. The zero-order valence-corrected chi connectivity index (χ0v) is 24.2. The lowest BCUT2D eigenvalue weighted by atomic mass is 10.1. The standard InChI is InChI=1S/C31H40N6O3/c1-9-11-25(37-18-24(19-37)35-30(39)40-31(6,7)8)16-21(5)33-29(38)34-23-14-12-22(13-15-23)27-17-26(20(3)4)28(36-27)32-10-2/h9-17,24H,2,5,18-19H2,1,3-4,6-8H3,(H,32,36)(H,35,39)(H2,33,34,38)/b11-9-,25-16+. The molecule has 1 fully saturated rings. The number of rotatable bonds is 8. The molecule has 1 aromatic rings. The number of ether oxygens (including phenoxy) is 1. The Morgan fingerprint density at radius 3 is 2.42 bits per heavy atom. The highest BCUT2D eigenvalue weighted by Crippen LogP contribution is 2.25. The van der Waals surface area contributed by atoms with Gasteiger partial charge in [0.25, 0.3) is 0 Å². The van der Waals surface area contributed by atoms with E-state index in [2.05, 4.69) is 50.4 Å². The number of likely N-dealkylation sites (tertiary alicyclic amines) is 1. The molecule has 0 bridgehead atoms. The van der Waals surface area contributed by atoms with Gasteiger partial charge in [-0.15, -0.1) is 0 Å². The highest BCUT2D eigenvalue weighted by molar-refractivity contribution is 6.11. The maximum Gasteiger partial charge on any atom is 0.407 e. The predicted molar refractivity (Wildman–Crippen MR) is 162 cm³/mol. The number of nitrogens with one attached hydrogen (secondary N) is 4. The van der Waals surface area contributed by atoms with Crippen molar-refractivity contribution < 1.29 is 14.3 Å². The molecular weight excluding hydrogens is 504 g/mol. The smallest absolute Gasteiger partial charge is 0.407 e. The van der Waals surface area contributed by atoms with Crippen molar-refractivity contribution in [2.75, 3.05) is 18.4 Å². The number of carbonyl (C=O) groups is 2. The van der Waals surface area contributed by atoms with Gasteiger partial charge >= 0.3 is 12.1 Å². The molecule has 9 heteroatoms. The molecule has 0 aliphatic carbocycles. The first-order chi connectivity index (χ1) is 18.9. The number of carbonyl (C=O) groups excluding carboxylic acids is 2. The Morgan fingerprint density at radius 1 is 1.18 bits per heavy atom. The van der Waals surface area contributed by atoms with Crippen LogP contribution in [0.1, 0.15) is 47.1 Å². The van der Waals surface area contributed by atoms with Crippen LogP contribution in [0.2, 0.25) is 0 Å². The molecule has 40 heavy (non-hydrogen) atoms. The van der Waals surface area contributed by atoms with Gasteiger partial charge in [0.2, 0.25) is 0 Å². The second-order valence-corrected chi connectivity index (χ2v) is 10.8. The Balaban J connectivity index is 1.54. The number of allylic oxidation sites excluding steroid dienone is 4. The van der Waals surface area contributed by atoms with Crippen LogP contribution in [0, 0.1) is 0 Å². The van der Waals surface area contributed by atoms with Gasteiger partial charge in [0.15, 0.2) is 0 Å². The Morgan fingerprint density at radius 2 is 1.85 bits per heavy atom. The quantitative estimate of drug-likeness (QED) is 0.309. The molecule has 2 aliphatic heterocycles. The summed E-state index contributed by atoms with van der Waals surface area (Å²) in [5.74, 6) is 0.767. The molecule has 2 aliphatic rings. The van der Waals surface area contributed by atoms with Gasteiger partial charge in [-0.1, -0.05) is 36.9 Å². The largest absolute Gasteiger partial charge is 0.444 e. The minimum Gasteiger partial charge on any atom is -0.444 e. The van der Waals surface area contributed by atoms with Crippen LogP contribution in [0.4, 0.5) is 15.3 Å². The Kier molecular flexibility index (Phi) is 9.77. The van der Waals surface area contributed by atoms with Crippen LogP contribution >= 0.6 is 0 Å². The minimum atomic E-state index is -0.541. The normalized spacial score (nSPS) is 16.7. The van der Waals surface area contributed by atoms with E-state index in [0.717, 1.165) is 33.9 Å². The summed E-state index contributed by atoms with van der Waals surface area (Å²) >= 11 is 0. The van der Waals surface area contributed by atoms with E-state index in [4.69, 9.17) is 4.74 Å². The summed E-state index contributed by atoms with van der Waals surface area (Å²) in [5, 5.41) is 11.8. The fraction of sp³-hybridized carbons (Fsp3) is 0.323. The molecule has 2 heterocycles. The number of amides is 3. The molecule has 212 valence electrons. The molecule has 3 rings (SSSR count). The lowest BCUT2D eigenvalue weighted by Gasteiger charge is -2.42. The number of hydrogen-bond acceptors (Lipinski definition) is 5. The average Bonchev–Trinajstić information content (AvgIpc) is 3.24. The number of nitrogens with zero attached hydrogens (tertiary/aromatic N) is 2. The van der Waals surface area contributed by atoms with Gasteiger partial charge in [0.05, 0.1) is 6.04 Å². The Hall–Kier alpha value is -4.53. The van der Waals surface area contributed by atoms with Crippen LogP contribution in [0.3, 0.4) is 0 Å². The lowest BCUT2D eigenvalue weighted by molar-refractivity contribution is 0.0437. The number of hydrogen-bond donors (Lipinski definition) is 4. The zero-order chi connectivity index (χ0) is 29.4. The van der Waals surface area contributed by atoms with Crippen molar-refractivity contribution >= 4 is 29.3 Å². The van der Waals surface area contributed by atoms with Crippen LogP contribution in [0.15, 0.2) is 95.5 Å². The third-order valence-electron chi connectivity index (χ3n) is 5.91. The maximum atomic E-state index is 12.6. The SMILES string of the molecule is C=C/N=C1/NC(c2ccc(NC(=O)NC(=C)/C=C(\C=C/C)N3CC(NC(=O)OC(C)(C)C)C3)cc2)=CC1=C(C)C. The van der Waals surface area contributed by atoms with Gasteiger partial charge in [0.1, 0.15) is 11.4 Å². The summed E-state index contributed by atoms with van der Waals surface area (Å²) < 4.78 is 5.32. The van der Waals surface area contributed by atoms with Crippen molar-refractivity contribution in [1.29, 1.82) is 0 Å². The van der Waals surface area contributed by atoms with E-state index in [9.17, 15) is 9.59 Å². The van der Waals surface area contributed by atoms with Crippen LogP contribution in [0.5, 0.6) is 0 Å². The van der Waals surface area contributed by atoms with E-state index in [-0.39, 0.29) is 6.04 Å². The number of alkyl carbamates (subject to hydrolysis) is 1. The minimum absolute atomic E-state index is 0.0133. The summed E-state index contributed by atoms with van der Waals surface area (Å²) in [7, 11) is 0. The fourth-order valence-corrected chi connectivity index (χ4v) is 4.10. The van der Waals surface area contributed by atoms with Crippen LogP contribution in [-0.2, 0) is 4.74 Å².